The SMILES string of the molecule is COc1ccc(C(N)c2ncccc2OC)cc1. The van der Waals surface area contributed by atoms with E-state index in [0.717, 1.165) is 17.0 Å². The molecule has 2 N–H and O–H groups in total. The molecule has 18 heavy (non-hydrogen) atoms. The Morgan fingerprint density at radius 1 is 1.06 bits per heavy atom. The van der Waals surface area contributed by atoms with Gasteiger partial charge in [-0.25, -0.2) is 0 Å². The number of methoxy groups -OCH3 is 2. The van der Waals surface area contributed by atoms with Crippen molar-refractivity contribution in [1.29, 1.82) is 0 Å². The Morgan fingerprint density at radius 2 is 1.78 bits per heavy atom. The summed E-state index contributed by atoms with van der Waals surface area (Å²) in [7, 11) is 3.25. The van der Waals surface area contributed by atoms with Crippen molar-refractivity contribution in [3.8, 4) is 11.5 Å². The quantitative estimate of drug-likeness (QED) is 0.895. The maximum absolute atomic E-state index is 6.20. The van der Waals surface area contributed by atoms with E-state index in [-0.39, 0.29) is 6.04 Å². The second-order valence-electron chi connectivity index (χ2n) is 3.84. The molecule has 0 fully saturated rings. The second-order valence-corrected chi connectivity index (χ2v) is 3.84. The van der Waals surface area contributed by atoms with Crippen LogP contribution in [0.25, 0.3) is 0 Å². The zero-order chi connectivity index (χ0) is 13.0. The Balaban J connectivity index is 2.31. The average Bonchev–Trinajstić information content (AvgIpc) is 2.46. The highest BCUT2D eigenvalue weighted by atomic mass is 16.5. The number of ether oxygens (including phenoxy) is 2. The summed E-state index contributed by atoms with van der Waals surface area (Å²) >= 11 is 0. The molecule has 1 aromatic carbocycles. The van der Waals surface area contributed by atoms with Gasteiger partial charge in [0.05, 0.1) is 20.3 Å². The third-order valence-corrected chi connectivity index (χ3v) is 2.79. The molecule has 1 heterocycles. The lowest BCUT2D eigenvalue weighted by Gasteiger charge is -2.15. The fraction of sp³-hybridized carbons (Fsp3) is 0.214. The molecule has 0 saturated heterocycles. The molecule has 2 rings (SSSR count). The van der Waals surface area contributed by atoms with Crippen LogP contribution in [-0.4, -0.2) is 19.2 Å². The molecular weight excluding hydrogens is 228 g/mol. The molecule has 0 aliphatic carbocycles. The smallest absolute Gasteiger partial charge is 0.142 e. The van der Waals surface area contributed by atoms with E-state index in [1.807, 2.05) is 36.4 Å². The minimum Gasteiger partial charge on any atom is -0.497 e. The van der Waals surface area contributed by atoms with Crippen LogP contribution in [0.4, 0.5) is 0 Å². The van der Waals surface area contributed by atoms with Crippen LogP contribution in [-0.2, 0) is 0 Å². The summed E-state index contributed by atoms with van der Waals surface area (Å²) in [4.78, 5) is 4.29. The van der Waals surface area contributed by atoms with Gasteiger partial charge in [0.15, 0.2) is 0 Å². The molecule has 0 aliphatic heterocycles. The van der Waals surface area contributed by atoms with Gasteiger partial charge in [-0.3, -0.25) is 4.98 Å². The van der Waals surface area contributed by atoms with Crippen LogP contribution in [0.15, 0.2) is 42.6 Å². The lowest BCUT2D eigenvalue weighted by Crippen LogP contribution is -2.14. The molecule has 4 nitrogen and oxygen atoms in total. The Kier molecular flexibility index (Phi) is 3.79. The number of nitrogens with two attached hydrogens (primary N) is 1. The Hall–Kier alpha value is -2.07. The summed E-state index contributed by atoms with van der Waals surface area (Å²) < 4.78 is 10.4. The van der Waals surface area contributed by atoms with Gasteiger partial charge in [0, 0.05) is 6.20 Å². The highest BCUT2D eigenvalue weighted by Crippen LogP contribution is 2.26. The van der Waals surface area contributed by atoms with Crippen molar-refractivity contribution in [1.82, 2.24) is 4.98 Å². The summed E-state index contributed by atoms with van der Waals surface area (Å²) in [6, 6.07) is 11.0. The molecule has 0 spiro atoms. The largest absolute Gasteiger partial charge is 0.497 e. The predicted molar refractivity (Wildman–Crippen MR) is 69.8 cm³/mol. The Morgan fingerprint density at radius 3 is 2.39 bits per heavy atom. The minimum absolute atomic E-state index is 0.313. The van der Waals surface area contributed by atoms with Gasteiger partial charge >= 0.3 is 0 Å². The Labute approximate surface area is 106 Å². The zero-order valence-corrected chi connectivity index (χ0v) is 10.5. The van der Waals surface area contributed by atoms with Gasteiger partial charge < -0.3 is 15.2 Å². The first-order chi connectivity index (χ1) is 8.76. The topological polar surface area (TPSA) is 57.4 Å². The molecule has 0 aliphatic rings. The van der Waals surface area contributed by atoms with Crippen molar-refractivity contribution < 1.29 is 9.47 Å². The molecule has 1 unspecified atom stereocenters. The number of rotatable bonds is 4. The summed E-state index contributed by atoms with van der Waals surface area (Å²) in [6.07, 6.45) is 1.71. The van der Waals surface area contributed by atoms with E-state index in [1.54, 1.807) is 20.4 Å². The van der Waals surface area contributed by atoms with Gasteiger partial charge in [-0.1, -0.05) is 12.1 Å². The molecular formula is C14H16N2O2. The summed E-state index contributed by atoms with van der Waals surface area (Å²) in [5, 5.41) is 0. The number of aromatic nitrogens is 1. The molecule has 1 aromatic heterocycles. The van der Waals surface area contributed by atoms with Crippen LogP contribution in [0.3, 0.4) is 0 Å². The second kappa shape index (κ2) is 5.51. The number of hydrogen-bond acceptors (Lipinski definition) is 4. The van der Waals surface area contributed by atoms with Crippen LogP contribution in [0.2, 0.25) is 0 Å². The van der Waals surface area contributed by atoms with Gasteiger partial charge in [0.1, 0.15) is 17.2 Å². The molecule has 0 radical (unpaired) electrons. The van der Waals surface area contributed by atoms with Crippen LogP contribution in [0.1, 0.15) is 17.3 Å². The van der Waals surface area contributed by atoms with Gasteiger partial charge in [0.2, 0.25) is 0 Å². The monoisotopic (exact) mass is 244 g/mol. The number of hydrogen-bond donors (Lipinski definition) is 1. The number of benzene rings is 1. The number of nitrogens with zero attached hydrogens (tertiary/aromatic N) is 1. The first-order valence-corrected chi connectivity index (χ1v) is 5.64. The minimum atomic E-state index is -0.313. The third kappa shape index (κ3) is 2.43. The van der Waals surface area contributed by atoms with Crippen molar-refractivity contribution in [3.05, 3.63) is 53.9 Å². The Bertz CT molecular complexity index is 511. The maximum atomic E-state index is 6.20. The molecule has 1 atom stereocenters. The van der Waals surface area contributed by atoms with Crippen LogP contribution >= 0.6 is 0 Å². The lowest BCUT2D eigenvalue weighted by atomic mass is 10.0. The fourth-order valence-electron chi connectivity index (χ4n) is 1.78. The molecule has 2 aromatic rings. The first-order valence-electron chi connectivity index (χ1n) is 5.64. The predicted octanol–water partition coefficient (Wildman–Crippen LogP) is 2.15. The third-order valence-electron chi connectivity index (χ3n) is 2.79. The highest BCUT2D eigenvalue weighted by Gasteiger charge is 2.15. The van der Waals surface area contributed by atoms with E-state index in [1.165, 1.54) is 0 Å². The van der Waals surface area contributed by atoms with Gasteiger partial charge in [-0.2, -0.15) is 0 Å². The molecule has 4 heteroatoms. The van der Waals surface area contributed by atoms with E-state index in [4.69, 9.17) is 15.2 Å². The van der Waals surface area contributed by atoms with Crippen molar-refractivity contribution in [2.75, 3.05) is 14.2 Å². The molecule has 0 saturated carbocycles. The highest BCUT2D eigenvalue weighted by molar-refractivity contribution is 5.38. The standard InChI is InChI=1S/C14H16N2O2/c1-17-11-7-5-10(6-8-11)13(15)14-12(18-2)4-3-9-16-14/h3-9,13H,15H2,1-2H3. The van der Waals surface area contributed by atoms with Crippen molar-refractivity contribution in [3.63, 3.8) is 0 Å². The van der Waals surface area contributed by atoms with E-state index in [9.17, 15) is 0 Å². The fourth-order valence-corrected chi connectivity index (χ4v) is 1.78. The van der Waals surface area contributed by atoms with Crippen molar-refractivity contribution in [2.24, 2.45) is 5.73 Å². The average molecular weight is 244 g/mol. The normalized spacial score (nSPS) is 11.9. The molecule has 0 bridgehead atoms. The van der Waals surface area contributed by atoms with Gasteiger partial charge in [-0.05, 0) is 29.8 Å². The summed E-state index contributed by atoms with van der Waals surface area (Å²) in [5.41, 5.74) is 7.89. The van der Waals surface area contributed by atoms with E-state index in [0.29, 0.717) is 5.75 Å². The van der Waals surface area contributed by atoms with E-state index in [2.05, 4.69) is 4.98 Å². The van der Waals surface area contributed by atoms with Gasteiger partial charge in [-0.15, -0.1) is 0 Å². The summed E-state index contributed by atoms with van der Waals surface area (Å²) in [5.74, 6) is 1.50. The summed E-state index contributed by atoms with van der Waals surface area (Å²) in [6.45, 7) is 0. The van der Waals surface area contributed by atoms with Gasteiger partial charge in [0.25, 0.3) is 0 Å². The molecule has 0 amide bonds. The first kappa shape index (κ1) is 12.4. The van der Waals surface area contributed by atoms with E-state index >= 15 is 0 Å². The van der Waals surface area contributed by atoms with Crippen LogP contribution in [0, 0.1) is 0 Å². The number of pyridine rings is 1. The van der Waals surface area contributed by atoms with Crippen molar-refractivity contribution in [2.45, 2.75) is 6.04 Å². The van der Waals surface area contributed by atoms with E-state index < -0.39 is 0 Å². The van der Waals surface area contributed by atoms with Crippen LogP contribution in [0.5, 0.6) is 11.5 Å². The van der Waals surface area contributed by atoms with Crippen molar-refractivity contribution >= 4 is 0 Å². The zero-order valence-electron chi connectivity index (χ0n) is 10.5. The van der Waals surface area contributed by atoms with Crippen LogP contribution < -0.4 is 15.2 Å². The maximum Gasteiger partial charge on any atom is 0.142 e. The lowest BCUT2D eigenvalue weighted by molar-refractivity contribution is 0.404. The molecule has 94 valence electrons.